The van der Waals surface area contributed by atoms with E-state index < -0.39 is 0 Å². The average Bonchev–Trinajstić information content (AvgIpc) is 2.29. The Morgan fingerprint density at radius 2 is 2.20 bits per heavy atom. The van der Waals surface area contributed by atoms with Gasteiger partial charge in [0, 0.05) is 32.6 Å². The third-order valence-electron chi connectivity index (χ3n) is 1.92. The van der Waals surface area contributed by atoms with Crippen molar-refractivity contribution in [3.63, 3.8) is 0 Å². The molecule has 0 aliphatic heterocycles. The topological polar surface area (TPSA) is 62.0 Å². The zero-order valence-corrected chi connectivity index (χ0v) is 8.97. The van der Waals surface area contributed by atoms with E-state index in [4.69, 9.17) is 10.00 Å². The van der Waals surface area contributed by atoms with Gasteiger partial charge in [0.1, 0.15) is 6.07 Å². The predicted molar refractivity (Wildman–Crippen MR) is 56.5 cm³/mol. The first-order valence-corrected chi connectivity index (χ1v) is 4.79. The Labute approximate surface area is 89.3 Å². The lowest BCUT2D eigenvalue weighted by Gasteiger charge is -2.17. The second-order valence-corrected chi connectivity index (χ2v) is 2.96. The minimum Gasteiger partial charge on any atom is -0.380 e. The van der Waals surface area contributed by atoms with Gasteiger partial charge < -0.3 is 9.64 Å². The number of ether oxygens (including phenoxy) is 1. The summed E-state index contributed by atoms with van der Waals surface area (Å²) in [6, 6.07) is 2.01. The Kier molecular flexibility index (Phi) is 4.51. The molecule has 0 amide bonds. The SMILES string of the molecule is CCOCCN(C)c1nccnc1C#N. The Morgan fingerprint density at radius 1 is 1.47 bits per heavy atom. The first-order valence-electron chi connectivity index (χ1n) is 4.79. The maximum absolute atomic E-state index is 8.83. The van der Waals surface area contributed by atoms with Crippen molar-refractivity contribution in [1.82, 2.24) is 9.97 Å². The van der Waals surface area contributed by atoms with Crippen LogP contribution in [0.3, 0.4) is 0 Å². The summed E-state index contributed by atoms with van der Waals surface area (Å²) in [5.74, 6) is 0.597. The largest absolute Gasteiger partial charge is 0.380 e. The van der Waals surface area contributed by atoms with Crippen LogP contribution in [0.25, 0.3) is 0 Å². The lowest BCUT2D eigenvalue weighted by molar-refractivity contribution is 0.154. The molecule has 0 aliphatic carbocycles. The van der Waals surface area contributed by atoms with Gasteiger partial charge in [-0.15, -0.1) is 0 Å². The highest BCUT2D eigenvalue weighted by molar-refractivity contribution is 5.48. The Morgan fingerprint density at radius 3 is 2.87 bits per heavy atom. The van der Waals surface area contributed by atoms with Crippen LogP contribution in [0.4, 0.5) is 5.82 Å². The number of hydrogen-bond donors (Lipinski definition) is 0. The van der Waals surface area contributed by atoms with Gasteiger partial charge in [0.15, 0.2) is 11.5 Å². The first-order chi connectivity index (χ1) is 7.29. The number of nitriles is 1. The van der Waals surface area contributed by atoms with Gasteiger partial charge in [-0.3, -0.25) is 0 Å². The van der Waals surface area contributed by atoms with E-state index in [-0.39, 0.29) is 0 Å². The van der Waals surface area contributed by atoms with Crippen LogP contribution in [0.2, 0.25) is 0 Å². The molecule has 0 unspecified atom stereocenters. The predicted octanol–water partition coefficient (Wildman–Crippen LogP) is 0.821. The molecule has 0 saturated heterocycles. The van der Waals surface area contributed by atoms with Gasteiger partial charge in [-0.25, -0.2) is 9.97 Å². The highest BCUT2D eigenvalue weighted by Crippen LogP contribution is 2.10. The fourth-order valence-electron chi connectivity index (χ4n) is 1.14. The maximum Gasteiger partial charge on any atom is 0.183 e. The molecule has 0 aliphatic rings. The van der Waals surface area contributed by atoms with E-state index in [1.165, 1.54) is 6.20 Å². The van der Waals surface area contributed by atoms with Crippen molar-refractivity contribution in [2.24, 2.45) is 0 Å². The zero-order valence-electron chi connectivity index (χ0n) is 8.97. The molecule has 1 rings (SSSR count). The molecule has 1 aromatic rings. The number of anilines is 1. The zero-order chi connectivity index (χ0) is 11.1. The normalized spacial score (nSPS) is 9.67. The summed E-state index contributed by atoms with van der Waals surface area (Å²) >= 11 is 0. The average molecular weight is 206 g/mol. The van der Waals surface area contributed by atoms with Crippen molar-refractivity contribution in [2.75, 3.05) is 31.7 Å². The third kappa shape index (κ3) is 3.18. The Hall–Kier alpha value is -1.67. The molecule has 0 N–H and O–H groups in total. The molecule has 5 nitrogen and oxygen atoms in total. The summed E-state index contributed by atoms with van der Waals surface area (Å²) in [5.41, 5.74) is 0.344. The van der Waals surface area contributed by atoms with E-state index in [0.717, 1.165) is 0 Å². The van der Waals surface area contributed by atoms with Crippen molar-refractivity contribution >= 4 is 5.82 Å². The maximum atomic E-state index is 8.83. The summed E-state index contributed by atoms with van der Waals surface area (Å²) in [5, 5.41) is 8.83. The summed E-state index contributed by atoms with van der Waals surface area (Å²) in [7, 11) is 1.86. The molecule has 0 bridgehead atoms. The van der Waals surface area contributed by atoms with E-state index in [1.807, 2.05) is 24.9 Å². The molecule has 1 heterocycles. The standard InChI is InChI=1S/C10H14N4O/c1-3-15-7-6-14(2)10-9(8-11)12-4-5-13-10/h4-5H,3,6-7H2,1-2H3. The highest BCUT2D eigenvalue weighted by atomic mass is 16.5. The second kappa shape index (κ2) is 5.94. The molecule has 5 heteroatoms. The van der Waals surface area contributed by atoms with Gasteiger partial charge >= 0.3 is 0 Å². The number of likely N-dealkylation sites (N-methyl/N-ethyl adjacent to an activating group) is 1. The van der Waals surface area contributed by atoms with Crippen LogP contribution in [0.5, 0.6) is 0 Å². The van der Waals surface area contributed by atoms with Gasteiger partial charge in [0.25, 0.3) is 0 Å². The fraction of sp³-hybridized carbons (Fsp3) is 0.500. The number of hydrogen-bond acceptors (Lipinski definition) is 5. The van der Waals surface area contributed by atoms with E-state index in [0.29, 0.717) is 31.3 Å². The smallest absolute Gasteiger partial charge is 0.183 e. The van der Waals surface area contributed by atoms with Crippen LogP contribution in [0.15, 0.2) is 12.4 Å². The lowest BCUT2D eigenvalue weighted by Crippen LogP contribution is -2.24. The van der Waals surface area contributed by atoms with E-state index in [9.17, 15) is 0 Å². The van der Waals surface area contributed by atoms with Crippen LogP contribution in [0, 0.1) is 11.3 Å². The molecule has 1 aromatic heterocycles. The fourth-order valence-corrected chi connectivity index (χ4v) is 1.14. The van der Waals surface area contributed by atoms with Gasteiger partial charge in [0.05, 0.1) is 6.61 Å². The number of nitrogens with zero attached hydrogens (tertiary/aromatic N) is 4. The minimum atomic E-state index is 0.344. The van der Waals surface area contributed by atoms with E-state index in [2.05, 4.69) is 9.97 Å². The van der Waals surface area contributed by atoms with Crippen LogP contribution < -0.4 is 4.90 Å². The molecular formula is C10H14N4O. The minimum absolute atomic E-state index is 0.344. The van der Waals surface area contributed by atoms with Crippen molar-refractivity contribution in [3.05, 3.63) is 18.1 Å². The molecule has 0 radical (unpaired) electrons. The molecule has 0 fully saturated rings. The molecule has 80 valence electrons. The van der Waals surface area contributed by atoms with Gasteiger partial charge in [0.2, 0.25) is 0 Å². The number of rotatable bonds is 5. The van der Waals surface area contributed by atoms with E-state index in [1.54, 1.807) is 6.20 Å². The molecule has 0 saturated carbocycles. The van der Waals surface area contributed by atoms with Crippen molar-refractivity contribution in [3.8, 4) is 6.07 Å². The molecule has 0 spiro atoms. The lowest BCUT2D eigenvalue weighted by atomic mass is 10.4. The molecule has 0 aromatic carbocycles. The van der Waals surface area contributed by atoms with Crippen LogP contribution in [-0.2, 0) is 4.74 Å². The van der Waals surface area contributed by atoms with Crippen LogP contribution in [-0.4, -0.2) is 36.8 Å². The van der Waals surface area contributed by atoms with Gasteiger partial charge in [-0.2, -0.15) is 5.26 Å². The van der Waals surface area contributed by atoms with Gasteiger partial charge in [-0.1, -0.05) is 0 Å². The van der Waals surface area contributed by atoms with Crippen molar-refractivity contribution in [1.29, 1.82) is 5.26 Å². The first kappa shape index (κ1) is 11.4. The van der Waals surface area contributed by atoms with Gasteiger partial charge in [-0.05, 0) is 6.92 Å². The Bertz CT molecular complexity index is 348. The summed E-state index contributed by atoms with van der Waals surface area (Å²) < 4.78 is 5.23. The molecule has 0 atom stereocenters. The monoisotopic (exact) mass is 206 g/mol. The van der Waals surface area contributed by atoms with Crippen LogP contribution >= 0.6 is 0 Å². The quantitative estimate of drug-likeness (QED) is 0.667. The van der Waals surface area contributed by atoms with E-state index >= 15 is 0 Å². The third-order valence-corrected chi connectivity index (χ3v) is 1.92. The highest BCUT2D eigenvalue weighted by Gasteiger charge is 2.08. The summed E-state index contributed by atoms with van der Waals surface area (Å²) in [4.78, 5) is 9.92. The van der Waals surface area contributed by atoms with Crippen molar-refractivity contribution in [2.45, 2.75) is 6.92 Å². The molecular weight excluding hydrogens is 192 g/mol. The Balaban J connectivity index is 2.65. The van der Waals surface area contributed by atoms with Crippen LogP contribution in [0.1, 0.15) is 12.6 Å². The number of aromatic nitrogens is 2. The second-order valence-electron chi connectivity index (χ2n) is 2.96. The molecule has 15 heavy (non-hydrogen) atoms. The van der Waals surface area contributed by atoms with Crippen molar-refractivity contribution < 1.29 is 4.74 Å². The summed E-state index contributed by atoms with van der Waals surface area (Å²) in [6.45, 7) is 3.96. The summed E-state index contributed by atoms with van der Waals surface area (Å²) in [6.07, 6.45) is 3.09.